The number of aromatic nitrogens is 2. The van der Waals surface area contributed by atoms with E-state index in [9.17, 15) is 4.79 Å². The first-order valence-corrected chi connectivity index (χ1v) is 5.25. The SMILES string of the molecule is CC(CC(N)=O)NCc1cnn(CCO)c1. The Balaban J connectivity index is 2.33. The maximum atomic E-state index is 10.6. The summed E-state index contributed by atoms with van der Waals surface area (Å²) in [5.41, 5.74) is 6.10. The van der Waals surface area contributed by atoms with Crippen LogP contribution in [0.5, 0.6) is 0 Å². The van der Waals surface area contributed by atoms with Gasteiger partial charge in [0.25, 0.3) is 0 Å². The second-order valence-corrected chi connectivity index (χ2v) is 3.79. The van der Waals surface area contributed by atoms with E-state index in [0.717, 1.165) is 5.56 Å². The molecule has 1 heterocycles. The second kappa shape index (κ2) is 6.24. The van der Waals surface area contributed by atoms with Gasteiger partial charge in [0.15, 0.2) is 0 Å². The lowest BCUT2D eigenvalue weighted by molar-refractivity contribution is -0.118. The number of nitrogens with one attached hydrogen (secondary N) is 1. The van der Waals surface area contributed by atoms with Gasteiger partial charge >= 0.3 is 0 Å². The lowest BCUT2D eigenvalue weighted by Crippen LogP contribution is -2.30. The van der Waals surface area contributed by atoms with Crippen LogP contribution in [0.25, 0.3) is 0 Å². The van der Waals surface area contributed by atoms with Crippen LogP contribution in [0.2, 0.25) is 0 Å². The van der Waals surface area contributed by atoms with Crippen LogP contribution in [-0.2, 0) is 17.9 Å². The molecule has 1 aromatic heterocycles. The molecule has 0 aliphatic heterocycles. The minimum absolute atomic E-state index is 0.0543. The number of amides is 1. The predicted octanol–water partition coefficient (Wildman–Crippen LogP) is -0.771. The summed E-state index contributed by atoms with van der Waals surface area (Å²) in [4.78, 5) is 10.6. The Bertz CT molecular complexity index is 337. The number of aliphatic hydroxyl groups is 1. The molecule has 4 N–H and O–H groups in total. The third kappa shape index (κ3) is 4.41. The summed E-state index contributed by atoms with van der Waals surface area (Å²) >= 11 is 0. The molecule has 1 amide bonds. The topological polar surface area (TPSA) is 93.2 Å². The molecule has 0 aliphatic carbocycles. The summed E-state index contributed by atoms with van der Waals surface area (Å²) in [6.45, 7) is 3.12. The molecule has 1 atom stereocenters. The molecule has 0 saturated heterocycles. The van der Waals surface area contributed by atoms with E-state index in [2.05, 4.69) is 10.4 Å². The fourth-order valence-electron chi connectivity index (χ4n) is 1.39. The van der Waals surface area contributed by atoms with Crippen molar-refractivity contribution in [1.29, 1.82) is 0 Å². The number of nitrogens with zero attached hydrogens (tertiary/aromatic N) is 2. The van der Waals surface area contributed by atoms with Crippen LogP contribution in [0.1, 0.15) is 18.9 Å². The summed E-state index contributed by atoms with van der Waals surface area (Å²) in [5.74, 6) is -0.309. The maximum absolute atomic E-state index is 10.6. The van der Waals surface area contributed by atoms with Crippen LogP contribution in [0.4, 0.5) is 0 Å². The second-order valence-electron chi connectivity index (χ2n) is 3.79. The molecule has 0 aliphatic rings. The molecular weight excluding hydrogens is 208 g/mol. The number of nitrogens with two attached hydrogens (primary N) is 1. The summed E-state index contributed by atoms with van der Waals surface area (Å²) in [6, 6.07) is 0.0543. The average Bonchev–Trinajstić information content (AvgIpc) is 2.62. The molecule has 16 heavy (non-hydrogen) atoms. The largest absolute Gasteiger partial charge is 0.394 e. The van der Waals surface area contributed by atoms with Crippen LogP contribution < -0.4 is 11.1 Å². The Morgan fingerprint density at radius 2 is 2.50 bits per heavy atom. The van der Waals surface area contributed by atoms with E-state index in [1.165, 1.54) is 0 Å². The Labute approximate surface area is 94.4 Å². The van der Waals surface area contributed by atoms with Crippen LogP contribution >= 0.6 is 0 Å². The Morgan fingerprint density at radius 1 is 1.75 bits per heavy atom. The van der Waals surface area contributed by atoms with Crippen molar-refractivity contribution in [3.8, 4) is 0 Å². The molecule has 1 unspecified atom stereocenters. The van der Waals surface area contributed by atoms with Gasteiger partial charge in [-0.05, 0) is 6.92 Å². The predicted molar refractivity (Wildman–Crippen MR) is 59.4 cm³/mol. The maximum Gasteiger partial charge on any atom is 0.218 e. The molecule has 0 spiro atoms. The van der Waals surface area contributed by atoms with Crippen molar-refractivity contribution in [2.24, 2.45) is 5.73 Å². The summed E-state index contributed by atoms with van der Waals surface area (Å²) < 4.78 is 1.68. The zero-order valence-electron chi connectivity index (χ0n) is 9.39. The normalized spacial score (nSPS) is 12.6. The number of hydrogen-bond donors (Lipinski definition) is 3. The fraction of sp³-hybridized carbons (Fsp3) is 0.600. The molecule has 0 radical (unpaired) electrons. The van der Waals surface area contributed by atoms with Gasteiger partial charge in [0.1, 0.15) is 0 Å². The minimum atomic E-state index is -0.309. The molecule has 1 rings (SSSR count). The average molecular weight is 226 g/mol. The number of rotatable bonds is 7. The molecule has 6 heteroatoms. The monoisotopic (exact) mass is 226 g/mol. The van der Waals surface area contributed by atoms with Crippen molar-refractivity contribution in [3.05, 3.63) is 18.0 Å². The van der Waals surface area contributed by atoms with Crippen LogP contribution in [0.3, 0.4) is 0 Å². The van der Waals surface area contributed by atoms with Gasteiger partial charge in [-0.15, -0.1) is 0 Å². The van der Waals surface area contributed by atoms with Gasteiger partial charge in [-0.3, -0.25) is 9.48 Å². The smallest absolute Gasteiger partial charge is 0.218 e. The molecule has 1 aromatic rings. The molecule has 6 nitrogen and oxygen atoms in total. The third-order valence-corrected chi connectivity index (χ3v) is 2.18. The van der Waals surface area contributed by atoms with Crippen molar-refractivity contribution in [1.82, 2.24) is 15.1 Å². The van der Waals surface area contributed by atoms with Crippen molar-refractivity contribution >= 4 is 5.91 Å². The number of primary amides is 1. The van der Waals surface area contributed by atoms with Gasteiger partial charge in [-0.25, -0.2) is 0 Å². The van der Waals surface area contributed by atoms with Gasteiger partial charge in [-0.2, -0.15) is 5.10 Å². The van der Waals surface area contributed by atoms with Crippen molar-refractivity contribution in [2.45, 2.75) is 32.5 Å². The zero-order valence-corrected chi connectivity index (χ0v) is 9.39. The highest BCUT2D eigenvalue weighted by Gasteiger charge is 2.05. The van der Waals surface area contributed by atoms with Crippen LogP contribution in [0.15, 0.2) is 12.4 Å². The Kier molecular flexibility index (Phi) is 4.94. The van der Waals surface area contributed by atoms with Gasteiger partial charge in [0, 0.05) is 30.8 Å². The number of carbonyl (C=O) groups is 1. The third-order valence-electron chi connectivity index (χ3n) is 2.18. The number of aliphatic hydroxyl groups excluding tert-OH is 1. The molecule has 90 valence electrons. The molecule has 0 saturated carbocycles. The summed E-state index contributed by atoms with van der Waals surface area (Å²) in [5, 5.41) is 16.0. The van der Waals surface area contributed by atoms with Gasteiger partial charge < -0.3 is 16.2 Å². The van der Waals surface area contributed by atoms with E-state index >= 15 is 0 Å². The highest BCUT2D eigenvalue weighted by atomic mass is 16.3. The van der Waals surface area contributed by atoms with Gasteiger partial charge in [-0.1, -0.05) is 0 Å². The standard InChI is InChI=1S/C10H18N4O2/c1-8(4-10(11)16)12-5-9-6-13-14(7-9)2-3-15/h6-8,12,15H,2-5H2,1H3,(H2,11,16). The number of carbonyl (C=O) groups excluding carboxylic acids is 1. The van der Waals surface area contributed by atoms with E-state index < -0.39 is 0 Å². The van der Waals surface area contributed by atoms with Gasteiger partial charge in [0.05, 0.1) is 19.3 Å². The first-order chi connectivity index (χ1) is 7.61. The van der Waals surface area contributed by atoms with E-state index in [1.807, 2.05) is 13.1 Å². The molecule has 0 fully saturated rings. The van der Waals surface area contributed by atoms with Crippen molar-refractivity contribution in [3.63, 3.8) is 0 Å². The zero-order chi connectivity index (χ0) is 12.0. The van der Waals surface area contributed by atoms with E-state index in [1.54, 1.807) is 10.9 Å². The summed E-state index contributed by atoms with van der Waals surface area (Å²) in [6.07, 6.45) is 3.92. The number of hydrogen-bond acceptors (Lipinski definition) is 4. The van der Waals surface area contributed by atoms with Gasteiger partial charge in [0.2, 0.25) is 5.91 Å². The van der Waals surface area contributed by atoms with E-state index in [0.29, 0.717) is 19.5 Å². The first kappa shape index (κ1) is 12.7. The van der Waals surface area contributed by atoms with Crippen LogP contribution in [0, 0.1) is 0 Å². The Morgan fingerprint density at radius 3 is 3.12 bits per heavy atom. The van der Waals surface area contributed by atoms with Crippen LogP contribution in [-0.4, -0.2) is 33.4 Å². The highest BCUT2D eigenvalue weighted by molar-refractivity contribution is 5.74. The lowest BCUT2D eigenvalue weighted by atomic mass is 10.2. The fourth-order valence-corrected chi connectivity index (χ4v) is 1.39. The lowest BCUT2D eigenvalue weighted by Gasteiger charge is -2.10. The summed E-state index contributed by atoms with van der Waals surface area (Å²) in [7, 11) is 0. The van der Waals surface area contributed by atoms with Crippen molar-refractivity contribution < 1.29 is 9.90 Å². The highest BCUT2D eigenvalue weighted by Crippen LogP contribution is 1.99. The molecular formula is C10H18N4O2. The molecule has 0 bridgehead atoms. The van der Waals surface area contributed by atoms with E-state index in [-0.39, 0.29) is 18.6 Å². The Hall–Kier alpha value is -1.40. The van der Waals surface area contributed by atoms with E-state index in [4.69, 9.17) is 10.8 Å². The minimum Gasteiger partial charge on any atom is -0.394 e. The molecule has 0 aromatic carbocycles. The first-order valence-electron chi connectivity index (χ1n) is 5.25. The quantitative estimate of drug-likeness (QED) is 0.569. The van der Waals surface area contributed by atoms with Crippen molar-refractivity contribution in [2.75, 3.05) is 6.61 Å².